The number of thioether (sulfide) groups is 1. The highest BCUT2D eigenvalue weighted by Crippen LogP contribution is 2.40. The molecular formula is C20H19N3O3S2. The molecule has 0 bridgehead atoms. The van der Waals surface area contributed by atoms with Crippen molar-refractivity contribution in [3.63, 3.8) is 0 Å². The van der Waals surface area contributed by atoms with Gasteiger partial charge in [0.1, 0.15) is 10.6 Å². The summed E-state index contributed by atoms with van der Waals surface area (Å²) in [5.41, 5.74) is 2.90. The normalized spacial score (nSPS) is 10.5. The molecule has 0 unspecified atom stereocenters. The van der Waals surface area contributed by atoms with Gasteiger partial charge in [0.2, 0.25) is 5.91 Å². The summed E-state index contributed by atoms with van der Waals surface area (Å²) < 4.78 is 4.97. The van der Waals surface area contributed by atoms with E-state index < -0.39 is 5.97 Å². The SMILES string of the molecule is COC(=O)c1c(NC(=O)CSc2nccc(C)n2)sc(C)c1-c1ccccc1. The Kier molecular flexibility index (Phi) is 6.43. The molecule has 1 aromatic carbocycles. The number of esters is 1. The number of carbonyl (C=O) groups excluding carboxylic acids is 2. The number of nitrogens with zero attached hydrogens (tertiary/aromatic N) is 2. The van der Waals surface area contributed by atoms with Crippen molar-refractivity contribution >= 4 is 40.0 Å². The zero-order chi connectivity index (χ0) is 20.1. The van der Waals surface area contributed by atoms with Crippen molar-refractivity contribution < 1.29 is 14.3 Å². The number of nitrogens with one attached hydrogen (secondary N) is 1. The lowest BCUT2D eigenvalue weighted by atomic mass is 10.0. The number of methoxy groups -OCH3 is 1. The highest BCUT2D eigenvalue weighted by Gasteiger charge is 2.25. The molecule has 6 nitrogen and oxygen atoms in total. The maximum absolute atomic E-state index is 12.5. The van der Waals surface area contributed by atoms with Crippen molar-refractivity contribution in [2.45, 2.75) is 19.0 Å². The second-order valence-electron chi connectivity index (χ2n) is 5.91. The Hall–Kier alpha value is -2.71. The van der Waals surface area contributed by atoms with Gasteiger partial charge >= 0.3 is 5.97 Å². The minimum atomic E-state index is -0.479. The lowest BCUT2D eigenvalue weighted by Crippen LogP contribution is -2.16. The second-order valence-corrected chi connectivity index (χ2v) is 8.08. The van der Waals surface area contributed by atoms with Crippen molar-refractivity contribution in [2.24, 2.45) is 0 Å². The van der Waals surface area contributed by atoms with Gasteiger partial charge in [0, 0.05) is 22.3 Å². The van der Waals surface area contributed by atoms with E-state index in [1.807, 2.05) is 44.2 Å². The third kappa shape index (κ3) is 4.58. The van der Waals surface area contributed by atoms with E-state index in [0.29, 0.717) is 15.7 Å². The molecule has 8 heteroatoms. The van der Waals surface area contributed by atoms with Crippen LogP contribution in [0.2, 0.25) is 0 Å². The Bertz CT molecular complexity index is 1000. The summed E-state index contributed by atoms with van der Waals surface area (Å²) in [6.07, 6.45) is 1.66. The molecular weight excluding hydrogens is 394 g/mol. The Balaban J connectivity index is 1.83. The van der Waals surface area contributed by atoms with Crippen LogP contribution in [0.15, 0.2) is 47.8 Å². The molecule has 144 valence electrons. The number of hydrogen-bond acceptors (Lipinski definition) is 7. The van der Waals surface area contributed by atoms with E-state index in [2.05, 4.69) is 15.3 Å². The molecule has 2 aromatic heterocycles. The van der Waals surface area contributed by atoms with Crippen LogP contribution in [0.25, 0.3) is 11.1 Å². The van der Waals surface area contributed by atoms with Crippen molar-refractivity contribution in [3.8, 4) is 11.1 Å². The molecule has 0 saturated heterocycles. The summed E-state index contributed by atoms with van der Waals surface area (Å²) in [5.74, 6) is -0.573. The van der Waals surface area contributed by atoms with E-state index in [1.165, 1.54) is 30.2 Å². The average molecular weight is 414 g/mol. The van der Waals surface area contributed by atoms with Gasteiger partial charge < -0.3 is 10.1 Å². The first-order valence-corrected chi connectivity index (χ1v) is 10.3. The molecule has 3 aromatic rings. The van der Waals surface area contributed by atoms with E-state index in [0.717, 1.165) is 21.7 Å². The first-order chi connectivity index (χ1) is 13.5. The third-order valence-electron chi connectivity index (χ3n) is 3.89. The first-order valence-electron chi connectivity index (χ1n) is 8.49. The van der Waals surface area contributed by atoms with E-state index in [-0.39, 0.29) is 11.7 Å². The van der Waals surface area contributed by atoms with Crippen LogP contribution in [0.3, 0.4) is 0 Å². The van der Waals surface area contributed by atoms with Crippen LogP contribution >= 0.6 is 23.1 Å². The maximum Gasteiger partial charge on any atom is 0.341 e. The predicted octanol–water partition coefficient (Wildman–Crippen LogP) is 4.34. The molecule has 0 aliphatic rings. The van der Waals surface area contributed by atoms with Crippen molar-refractivity contribution in [3.05, 3.63) is 58.7 Å². The Morgan fingerprint density at radius 3 is 2.61 bits per heavy atom. The fraction of sp³-hybridized carbons (Fsp3) is 0.200. The molecule has 0 atom stereocenters. The van der Waals surface area contributed by atoms with Gasteiger partial charge in [-0.25, -0.2) is 14.8 Å². The third-order valence-corrected chi connectivity index (χ3v) is 5.78. The number of hydrogen-bond donors (Lipinski definition) is 1. The Morgan fingerprint density at radius 2 is 1.93 bits per heavy atom. The van der Waals surface area contributed by atoms with Crippen LogP contribution in [-0.2, 0) is 9.53 Å². The fourth-order valence-electron chi connectivity index (χ4n) is 2.67. The number of benzene rings is 1. The summed E-state index contributed by atoms with van der Waals surface area (Å²) in [4.78, 5) is 34.2. The minimum absolute atomic E-state index is 0.141. The molecule has 0 aliphatic carbocycles. The smallest absolute Gasteiger partial charge is 0.341 e. The molecule has 1 N–H and O–H groups in total. The van der Waals surface area contributed by atoms with Crippen molar-refractivity contribution in [1.82, 2.24) is 9.97 Å². The number of aromatic nitrogens is 2. The van der Waals surface area contributed by atoms with Crippen LogP contribution < -0.4 is 5.32 Å². The fourth-order valence-corrected chi connectivity index (χ4v) is 4.43. The molecule has 28 heavy (non-hydrogen) atoms. The number of thiophene rings is 1. The lowest BCUT2D eigenvalue weighted by molar-refractivity contribution is -0.113. The number of ether oxygens (including phenoxy) is 1. The van der Waals surface area contributed by atoms with Gasteiger partial charge in [0.05, 0.1) is 12.9 Å². The molecule has 0 saturated carbocycles. The average Bonchev–Trinajstić information content (AvgIpc) is 3.02. The number of amides is 1. The van der Waals surface area contributed by atoms with Gasteiger partial charge in [0.15, 0.2) is 5.16 Å². The standard InChI is InChI=1S/C20H19N3O3S2/c1-12-9-10-21-20(22-12)27-11-15(24)23-18-17(19(25)26-3)16(13(2)28-18)14-7-5-4-6-8-14/h4-10H,11H2,1-3H3,(H,23,24). The number of aryl methyl sites for hydroxylation is 2. The van der Waals surface area contributed by atoms with Crippen molar-refractivity contribution in [1.29, 1.82) is 0 Å². The highest BCUT2D eigenvalue weighted by molar-refractivity contribution is 7.99. The Morgan fingerprint density at radius 1 is 1.18 bits per heavy atom. The van der Waals surface area contributed by atoms with E-state index in [4.69, 9.17) is 4.74 Å². The largest absolute Gasteiger partial charge is 0.465 e. The summed E-state index contributed by atoms with van der Waals surface area (Å²) in [5, 5.41) is 3.87. The van der Waals surface area contributed by atoms with Gasteiger partial charge in [-0.05, 0) is 25.5 Å². The molecule has 1 amide bonds. The highest BCUT2D eigenvalue weighted by atomic mass is 32.2. The molecule has 2 heterocycles. The monoisotopic (exact) mass is 413 g/mol. The summed E-state index contributed by atoms with van der Waals surface area (Å²) >= 11 is 2.60. The van der Waals surface area contributed by atoms with E-state index in [1.54, 1.807) is 12.3 Å². The zero-order valence-corrected chi connectivity index (χ0v) is 17.3. The number of carbonyl (C=O) groups is 2. The van der Waals surface area contributed by atoms with Gasteiger partial charge in [-0.3, -0.25) is 4.79 Å². The van der Waals surface area contributed by atoms with Crippen molar-refractivity contribution in [2.75, 3.05) is 18.2 Å². The maximum atomic E-state index is 12.5. The van der Waals surface area contributed by atoms with E-state index >= 15 is 0 Å². The lowest BCUT2D eigenvalue weighted by Gasteiger charge is -2.08. The predicted molar refractivity (Wildman–Crippen MR) is 112 cm³/mol. The quantitative estimate of drug-likeness (QED) is 0.368. The minimum Gasteiger partial charge on any atom is -0.465 e. The van der Waals surface area contributed by atoms with Crippen LogP contribution in [0, 0.1) is 13.8 Å². The van der Waals surface area contributed by atoms with Crippen LogP contribution in [-0.4, -0.2) is 34.7 Å². The summed E-state index contributed by atoms with van der Waals surface area (Å²) in [7, 11) is 1.33. The summed E-state index contributed by atoms with van der Waals surface area (Å²) in [6.45, 7) is 3.79. The van der Waals surface area contributed by atoms with Gasteiger partial charge in [0.25, 0.3) is 0 Å². The first kappa shape index (κ1) is 20.0. The molecule has 0 spiro atoms. The van der Waals surface area contributed by atoms with Gasteiger partial charge in [-0.2, -0.15) is 0 Å². The number of rotatable bonds is 6. The molecule has 3 rings (SSSR count). The van der Waals surface area contributed by atoms with Crippen LogP contribution in [0.5, 0.6) is 0 Å². The van der Waals surface area contributed by atoms with Gasteiger partial charge in [-0.1, -0.05) is 42.1 Å². The van der Waals surface area contributed by atoms with E-state index in [9.17, 15) is 9.59 Å². The summed E-state index contributed by atoms with van der Waals surface area (Å²) in [6, 6.07) is 11.4. The molecule has 0 aliphatic heterocycles. The zero-order valence-electron chi connectivity index (χ0n) is 15.7. The van der Waals surface area contributed by atoms with Crippen LogP contribution in [0.1, 0.15) is 20.9 Å². The number of anilines is 1. The second kappa shape index (κ2) is 8.99. The molecule has 0 fully saturated rings. The Labute approximate surface area is 171 Å². The topological polar surface area (TPSA) is 81.2 Å². The van der Waals surface area contributed by atoms with Gasteiger partial charge in [-0.15, -0.1) is 11.3 Å². The molecule has 0 radical (unpaired) electrons. The van der Waals surface area contributed by atoms with Crippen LogP contribution in [0.4, 0.5) is 5.00 Å².